The molecule has 0 aromatic carbocycles. The zero-order valence-corrected chi connectivity index (χ0v) is 7.80. The van der Waals surface area contributed by atoms with E-state index in [2.05, 4.69) is 6.58 Å². The minimum atomic E-state index is -0.223. The van der Waals surface area contributed by atoms with E-state index in [1.807, 2.05) is 6.92 Å². The summed E-state index contributed by atoms with van der Waals surface area (Å²) in [6.07, 6.45) is 5.02. The van der Waals surface area contributed by atoms with Gasteiger partial charge in [0.05, 0.1) is 6.61 Å². The standard InChI is InChI=1S/C10H16O2/c1-4-7-9(8-5-2)10(11)12-6-3/h4,7H,1,5-6,8H2,2-3H3/b9-7+. The van der Waals surface area contributed by atoms with Crippen molar-refractivity contribution in [2.45, 2.75) is 26.7 Å². The second-order valence-corrected chi connectivity index (χ2v) is 2.40. The lowest BCUT2D eigenvalue weighted by molar-refractivity contribution is -0.138. The molecule has 0 atom stereocenters. The Hall–Kier alpha value is -1.05. The van der Waals surface area contributed by atoms with Crippen LogP contribution in [0.15, 0.2) is 24.3 Å². The number of allylic oxidation sites excluding steroid dienone is 2. The van der Waals surface area contributed by atoms with Gasteiger partial charge in [0.2, 0.25) is 0 Å². The molecular weight excluding hydrogens is 152 g/mol. The Morgan fingerprint density at radius 2 is 2.17 bits per heavy atom. The Balaban J connectivity index is 4.19. The third-order valence-electron chi connectivity index (χ3n) is 1.38. The van der Waals surface area contributed by atoms with E-state index in [9.17, 15) is 4.79 Å². The van der Waals surface area contributed by atoms with E-state index in [-0.39, 0.29) is 5.97 Å². The molecular formula is C10H16O2. The fourth-order valence-corrected chi connectivity index (χ4v) is 0.889. The summed E-state index contributed by atoms with van der Waals surface area (Å²) in [4.78, 5) is 11.2. The molecule has 2 heteroatoms. The third kappa shape index (κ3) is 3.96. The number of hydrogen-bond acceptors (Lipinski definition) is 2. The predicted octanol–water partition coefficient (Wildman–Crippen LogP) is 2.46. The summed E-state index contributed by atoms with van der Waals surface area (Å²) in [7, 11) is 0. The number of carbonyl (C=O) groups excluding carboxylic acids is 1. The summed E-state index contributed by atoms with van der Waals surface area (Å²) in [5.74, 6) is -0.223. The number of hydrogen-bond donors (Lipinski definition) is 0. The minimum Gasteiger partial charge on any atom is -0.463 e. The first-order valence-electron chi connectivity index (χ1n) is 4.24. The molecule has 0 radical (unpaired) electrons. The van der Waals surface area contributed by atoms with Gasteiger partial charge in [-0.3, -0.25) is 0 Å². The minimum absolute atomic E-state index is 0.223. The van der Waals surface area contributed by atoms with E-state index in [4.69, 9.17) is 4.74 Å². The lowest BCUT2D eigenvalue weighted by atomic mass is 10.1. The van der Waals surface area contributed by atoms with Crippen LogP contribution in [0.25, 0.3) is 0 Å². The normalized spacial score (nSPS) is 11.0. The molecule has 0 rings (SSSR count). The van der Waals surface area contributed by atoms with E-state index in [0.717, 1.165) is 12.8 Å². The fraction of sp³-hybridized carbons (Fsp3) is 0.500. The highest BCUT2D eigenvalue weighted by Gasteiger charge is 2.07. The van der Waals surface area contributed by atoms with Gasteiger partial charge in [-0.1, -0.05) is 32.1 Å². The van der Waals surface area contributed by atoms with Crippen LogP contribution in [0.4, 0.5) is 0 Å². The molecule has 0 aromatic heterocycles. The number of ether oxygens (including phenoxy) is 1. The molecule has 0 fully saturated rings. The highest BCUT2D eigenvalue weighted by molar-refractivity contribution is 5.88. The maximum atomic E-state index is 11.2. The Bertz CT molecular complexity index is 180. The van der Waals surface area contributed by atoms with Crippen molar-refractivity contribution in [3.63, 3.8) is 0 Å². The van der Waals surface area contributed by atoms with Gasteiger partial charge in [0.25, 0.3) is 0 Å². The molecule has 0 heterocycles. The van der Waals surface area contributed by atoms with Crippen molar-refractivity contribution in [3.05, 3.63) is 24.3 Å². The zero-order chi connectivity index (χ0) is 9.40. The molecule has 12 heavy (non-hydrogen) atoms. The van der Waals surface area contributed by atoms with Gasteiger partial charge in [0, 0.05) is 5.57 Å². The number of esters is 1. The fourth-order valence-electron chi connectivity index (χ4n) is 0.889. The van der Waals surface area contributed by atoms with Gasteiger partial charge in [-0.2, -0.15) is 0 Å². The Labute approximate surface area is 73.9 Å². The topological polar surface area (TPSA) is 26.3 Å². The van der Waals surface area contributed by atoms with E-state index in [1.165, 1.54) is 0 Å². The Morgan fingerprint density at radius 1 is 1.50 bits per heavy atom. The van der Waals surface area contributed by atoms with Gasteiger partial charge in [-0.25, -0.2) is 4.79 Å². The van der Waals surface area contributed by atoms with Crippen LogP contribution in [0.2, 0.25) is 0 Å². The molecule has 0 aromatic rings. The van der Waals surface area contributed by atoms with Gasteiger partial charge < -0.3 is 4.74 Å². The molecule has 0 aliphatic rings. The highest BCUT2D eigenvalue weighted by atomic mass is 16.5. The maximum absolute atomic E-state index is 11.2. The van der Waals surface area contributed by atoms with Crippen molar-refractivity contribution in [1.29, 1.82) is 0 Å². The van der Waals surface area contributed by atoms with E-state index in [0.29, 0.717) is 12.2 Å². The molecule has 0 N–H and O–H groups in total. The van der Waals surface area contributed by atoms with Crippen LogP contribution in [-0.2, 0) is 9.53 Å². The van der Waals surface area contributed by atoms with Crippen molar-refractivity contribution in [1.82, 2.24) is 0 Å². The monoisotopic (exact) mass is 168 g/mol. The largest absolute Gasteiger partial charge is 0.463 e. The van der Waals surface area contributed by atoms with Crippen molar-refractivity contribution >= 4 is 5.97 Å². The quantitative estimate of drug-likeness (QED) is 0.358. The van der Waals surface area contributed by atoms with Crippen LogP contribution in [-0.4, -0.2) is 12.6 Å². The Morgan fingerprint density at radius 3 is 2.58 bits per heavy atom. The van der Waals surface area contributed by atoms with Crippen LogP contribution < -0.4 is 0 Å². The van der Waals surface area contributed by atoms with E-state index in [1.54, 1.807) is 19.1 Å². The van der Waals surface area contributed by atoms with Gasteiger partial charge in [0.1, 0.15) is 0 Å². The van der Waals surface area contributed by atoms with Crippen molar-refractivity contribution in [2.24, 2.45) is 0 Å². The van der Waals surface area contributed by atoms with Gasteiger partial charge in [-0.15, -0.1) is 0 Å². The van der Waals surface area contributed by atoms with Crippen LogP contribution in [0.3, 0.4) is 0 Å². The molecule has 0 spiro atoms. The average Bonchev–Trinajstić information content (AvgIpc) is 2.04. The molecule has 0 saturated heterocycles. The van der Waals surface area contributed by atoms with Gasteiger partial charge in [0.15, 0.2) is 0 Å². The molecule has 0 saturated carbocycles. The summed E-state index contributed by atoms with van der Waals surface area (Å²) in [5.41, 5.74) is 0.703. The summed E-state index contributed by atoms with van der Waals surface area (Å²) < 4.78 is 4.85. The number of rotatable bonds is 5. The lowest BCUT2D eigenvalue weighted by Gasteiger charge is -2.03. The molecule has 0 amide bonds. The first kappa shape index (κ1) is 11.0. The summed E-state index contributed by atoms with van der Waals surface area (Å²) in [6.45, 7) is 7.79. The van der Waals surface area contributed by atoms with E-state index >= 15 is 0 Å². The predicted molar refractivity (Wildman–Crippen MR) is 49.8 cm³/mol. The second-order valence-electron chi connectivity index (χ2n) is 2.40. The third-order valence-corrected chi connectivity index (χ3v) is 1.38. The summed E-state index contributed by atoms with van der Waals surface area (Å²) in [5, 5.41) is 0. The van der Waals surface area contributed by atoms with Crippen molar-refractivity contribution in [2.75, 3.05) is 6.61 Å². The van der Waals surface area contributed by atoms with Crippen molar-refractivity contribution < 1.29 is 9.53 Å². The van der Waals surface area contributed by atoms with Gasteiger partial charge >= 0.3 is 5.97 Å². The first-order valence-corrected chi connectivity index (χ1v) is 4.24. The van der Waals surface area contributed by atoms with Crippen LogP contribution in [0.1, 0.15) is 26.7 Å². The molecule has 0 aliphatic carbocycles. The first-order chi connectivity index (χ1) is 5.76. The SMILES string of the molecule is C=C/C=C(\CCC)C(=O)OCC. The summed E-state index contributed by atoms with van der Waals surface area (Å²) in [6, 6.07) is 0. The summed E-state index contributed by atoms with van der Waals surface area (Å²) >= 11 is 0. The smallest absolute Gasteiger partial charge is 0.333 e. The molecule has 2 nitrogen and oxygen atoms in total. The maximum Gasteiger partial charge on any atom is 0.333 e. The molecule has 0 unspecified atom stereocenters. The van der Waals surface area contributed by atoms with Crippen molar-refractivity contribution in [3.8, 4) is 0 Å². The van der Waals surface area contributed by atoms with Crippen LogP contribution in [0.5, 0.6) is 0 Å². The van der Waals surface area contributed by atoms with Crippen LogP contribution in [0, 0.1) is 0 Å². The highest BCUT2D eigenvalue weighted by Crippen LogP contribution is 2.06. The van der Waals surface area contributed by atoms with E-state index < -0.39 is 0 Å². The second kappa shape index (κ2) is 6.65. The Kier molecular flexibility index (Phi) is 6.07. The zero-order valence-electron chi connectivity index (χ0n) is 7.80. The molecule has 0 aliphatic heterocycles. The molecule has 68 valence electrons. The van der Waals surface area contributed by atoms with Gasteiger partial charge in [-0.05, 0) is 13.3 Å². The van der Waals surface area contributed by atoms with Crippen LogP contribution >= 0.6 is 0 Å². The molecule has 0 bridgehead atoms. The lowest BCUT2D eigenvalue weighted by Crippen LogP contribution is -2.07. The number of carbonyl (C=O) groups is 1. The average molecular weight is 168 g/mol.